The predicted molar refractivity (Wildman–Crippen MR) is 108 cm³/mol. The van der Waals surface area contributed by atoms with Crippen LogP contribution in [0.25, 0.3) is 16.7 Å². The Kier molecular flexibility index (Phi) is 5.12. The number of thiocarbonyl (C=S) groups is 1. The second-order valence-electron chi connectivity index (χ2n) is 5.99. The molecule has 14 heteroatoms. The fourth-order valence-corrected chi connectivity index (χ4v) is 3.14. The van der Waals surface area contributed by atoms with Crippen molar-refractivity contribution < 1.29 is 23.9 Å². The molecule has 0 aliphatic carbocycles. The number of anilines is 1. The lowest BCUT2D eigenvalue weighted by molar-refractivity contribution is -0.135. The number of hydrazine groups is 1. The molecule has 13 nitrogen and oxygen atoms in total. The van der Waals surface area contributed by atoms with Crippen molar-refractivity contribution >= 4 is 57.8 Å². The zero-order valence-corrected chi connectivity index (χ0v) is 17.0. The highest BCUT2D eigenvalue weighted by molar-refractivity contribution is 7.80. The smallest absolute Gasteiger partial charge is 0.423 e. The van der Waals surface area contributed by atoms with E-state index < -0.39 is 18.0 Å². The average molecular weight is 442 g/mol. The minimum atomic E-state index is -0.988. The molecule has 31 heavy (non-hydrogen) atoms. The van der Waals surface area contributed by atoms with Gasteiger partial charge in [-0.1, -0.05) is 12.1 Å². The minimum absolute atomic E-state index is 0.0208. The lowest BCUT2D eigenvalue weighted by atomic mass is 10.3. The van der Waals surface area contributed by atoms with Gasteiger partial charge in [-0.3, -0.25) is 10.2 Å². The highest BCUT2D eigenvalue weighted by Crippen LogP contribution is 2.26. The van der Waals surface area contributed by atoms with Crippen LogP contribution in [0.1, 0.15) is 6.92 Å². The van der Waals surface area contributed by atoms with Crippen LogP contribution >= 0.6 is 12.2 Å². The van der Waals surface area contributed by atoms with Crippen molar-refractivity contribution in [2.75, 3.05) is 19.1 Å². The first-order valence-corrected chi connectivity index (χ1v) is 9.25. The summed E-state index contributed by atoms with van der Waals surface area (Å²) in [5, 5.41) is 12.3. The van der Waals surface area contributed by atoms with Crippen LogP contribution in [-0.2, 0) is 19.1 Å². The molecule has 1 aliphatic rings. The summed E-state index contributed by atoms with van der Waals surface area (Å²) in [6, 6.07) is 7.11. The number of aromatic nitrogens is 5. The summed E-state index contributed by atoms with van der Waals surface area (Å²) >= 11 is 5.28. The van der Waals surface area contributed by atoms with Crippen molar-refractivity contribution in [3.8, 4) is 0 Å². The molecule has 0 atom stereocenters. The molecule has 4 rings (SSSR count). The fourth-order valence-electron chi connectivity index (χ4n) is 2.84. The number of benzene rings is 1. The molecule has 0 saturated carbocycles. The third kappa shape index (κ3) is 3.38. The number of hydrogen-bond acceptors (Lipinski definition) is 11. The number of hydrogen-bond donors (Lipinski definition) is 1. The number of esters is 1. The van der Waals surface area contributed by atoms with E-state index >= 15 is 0 Å². The van der Waals surface area contributed by atoms with Crippen molar-refractivity contribution in [3.63, 3.8) is 0 Å². The van der Waals surface area contributed by atoms with Crippen molar-refractivity contribution in [2.24, 2.45) is 0 Å². The van der Waals surface area contributed by atoms with Crippen LogP contribution in [0.3, 0.4) is 0 Å². The number of carbonyl (C=O) groups excluding carboxylic acids is 3. The molecule has 3 aromatic rings. The first kappa shape index (κ1) is 20.1. The van der Waals surface area contributed by atoms with Gasteiger partial charge in [-0.2, -0.15) is 9.42 Å². The predicted octanol–water partition coefficient (Wildman–Crippen LogP) is 0.642. The first-order valence-electron chi connectivity index (χ1n) is 8.84. The summed E-state index contributed by atoms with van der Waals surface area (Å²) in [5.41, 5.74) is 3.96. The molecule has 0 spiro atoms. The number of carbonyl (C=O) groups is 3. The average Bonchev–Trinajstić information content (AvgIpc) is 3.33. The Morgan fingerprint density at radius 3 is 2.81 bits per heavy atom. The van der Waals surface area contributed by atoms with Crippen molar-refractivity contribution in [3.05, 3.63) is 36.0 Å². The Morgan fingerprint density at radius 1 is 1.29 bits per heavy atom. The summed E-state index contributed by atoms with van der Waals surface area (Å²) in [7, 11) is 1.15. The van der Waals surface area contributed by atoms with Gasteiger partial charge in [0, 0.05) is 0 Å². The third-order valence-electron chi connectivity index (χ3n) is 4.19. The van der Waals surface area contributed by atoms with E-state index in [1.807, 2.05) is 0 Å². The standard InChI is InChI=1S/C17H14N8O5S/c1-3-30-17(28)23-15(27)11(8-12(26)29-2)25(16(23)31)20-13-14-19-21-22-24(14)10-7-5-4-6-9(10)18-13/h4-8H,3H2,1-2H3,(H,18,20)/b11-8+. The number of fused-ring (bicyclic) bond motifs is 3. The number of tetrazole rings is 1. The van der Waals surface area contributed by atoms with Crippen LogP contribution in [0.2, 0.25) is 0 Å². The molecular weight excluding hydrogens is 428 g/mol. The molecule has 1 saturated heterocycles. The largest absolute Gasteiger partial charge is 0.466 e. The van der Waals surface area contributed by atoms with E-state index in [0.29, 0.717) is 15.9 Å². The molecular formula is C17H14N8O5S. The molecule has 3 heterocycles. The monoisotopic (exact) mass is 442 g/mol. The molecule has 2 aromatic heterocycles. The van der Waals surface area contributed by atoms with E-state index in [4.69, 9.17) is 17.0 Å². The van der Waals surface area contributed by atoms with Crippen LogP contribution < -0.4 is 5.43 Å². The molecule has 1 N–H and O–H groups in total. The number of imide groups is 1. The van der Waals surface area contributed by atoms with E-state index in [0.717, 1.165) is 18.2 Å². The number of nitrogens with zero attached hydrogens (tertiary/aromatic N) is 7. The summed E-state index contributed by atoms with van der Waals surface area (Å²) < 4.78 is 10.9. The quantitative estimate of drug-likeness (QED) is 0.344. The molecule has 1 aliphatic heterocycles. The Labute approximate surface area is 179 Å². The maximum Gasteiger partial charge on any atom is 0.423 e. The van der Waals surface area contributed by atoms with Gasteiger partial charge >= 0.3 is 12.1 Å². The van der Waals surface area contributed by atoms with Crippen LogP contribution in [-0.4, -0.2) is 71.7 Å². The van der Waals surface area contributed by atoms with Gasteiger partial charge in [0.05, 0.1) is 30.8 Å². The normalized spacial score (nSPS) is 15.2. The Hall–Kier alpha value is -4.20. The van der Waals surface area contributed by atoms with Crippen molar-refractivity contribution in [1.29, 1.82) is 0 Å². The Balaban J connectivity index is 1.81. The highest BCUT2D eigenvalue weighted by Gasteiger charge is 2.44. The number of ether oxygens (including phenoxy) is 2. The molecule has 0 unspecified atom stereocenters. The maximum absolute atomic E-state index is 12.8. The van der Waals surface area contributed by atoms with E-state index in [1.165, 1.54) is 4.52 Å². The molecule has 1 aromatic carbocycles. The molecule has 0 bridgehead atoms. The van der Waals surface area contributed by atoms with Crippen LogP contribution in [0, 0.1) is 0 Å². The SMILES string of the molecule is CCOC(=O)N1C(=O)/C(=C\C(=O)OC)N(Nc2nc3ccccc3n3nnnc23)C1=S. The van der Waals surface area contributed by atoms with Gasteiger partial charge in [-0.25, -0.2) is 19.6 Å². The summed E-state index contributed by atoms with van der Waals surface area (Å²) in [5.74, 6) is -1.58. The first-order chi connectivity index (χ1) is 15.0. The van der Waals surface area contributed by atoms with Gasteiger partial charge in [0.2, 0.25) is 10.8 Å². The van der Waals surface area contributed by atoms with E-state index in [9.17, 15) is 14.4 Å². The summed E-state index contributed by atoms with van der Waals surface area (Å²) in [6.07, 6.45) is -0.0976. The van der Waals surface area contributed by atoms with Gasteiger partial charge in [-0.05, 0) is 41.7 Å². The van der Waals surface area contributed by atoms with Crippen molar-refractivity contribution in [1.82, 2.24) is 34.9 Å². The number of amides is 2. The van der Waals surface area contributed by atoms with E-state index in [2.05, 4.69) is 30.7 Å². The molecule has 158 valence electrons. The third-order valence-corrected chi connectivity index (χ3v) is 4.56. The Bertz CT molecular complexity index is 1270. The van der Waals surface area contributed by atoms with Gasteiger partial charge in [0.25, 0.3) is 5.91 Å². The van der Waals surface area contributed by atoms with E-state index in [-0.39, 0.29) is 28.9 Å². The Morgan fingerprint density at radius 2 is 2.06 bits per heavy atom. The lowest BCUT2D eigenvalue weighted by Gasteiger charge is -2.20. The second-order valence-corrected chi connectivity index (χ2v) is 6.35. The minimum Gasteiger partial charge on any atom is -0.466 e. The molecule has 0 radical (unpaired) electrons. The number of rotatable bonds is 4. The summed E-state index contributed by atoms with van der Waals surface area (Å²) in [4.78, 5) is 42.0. The number of para-hydroxylation sites is 2. The lowest BCUT2D eigenvalue weighted by Crippen LogP contribution is -2.40. The highest BCUT2D eigenvalue weighted by atomic mass is 32.1. The van der Waals surface area contributed by atoms with Crippen LogP contribution in [0.5, 0.6) is 0 Å². The number of methoxy groups -OCH3 is 1. The second kappa shape index (κ2) is 7.91. The zero-order valence-electron chi connectivity index (χ0n) is 16.2. The van der Waals surface area contributed by atoms with Gasteiger partial charge in [0.15, 0.2) is 5.82 Å². The van der Waals surface area contributed by atoms with Crippen LogP contribution in [0.4, 0.5) is 10.6 Å². The maximum atomic E-state index is 12.8. The molecule has 1 fully saturated rings. The molecule has 2 amide bonds. The van der Waals surface area contributed by atoms with Gasteiger partial charge in [0.1, 0.15) is 5.70 Å². The topological polar surface area (TPSA) is 144 Å². The van der Waals surface area contributed by atoms with Gasteiger partial charge < -0.3 is 9.47 Å². The van der Waals surface area contributed by atoms with Crippen molar-refractivity contribution in [2.45, 2.75) is 6.92 Å². The number of nitrogens with one attached hydrogen (secondary N) is 1. The van der Waals surface area contributed by atoms with Gasteiger partial charge in [-0.15, -0.1) is 5.10 Å². The fraction of sp³-hybridized carbons (Fsp3) is 0.176. The van der Waals surface area contributed by atoms with Crippen LogP contribution in [0.15, 0.2) is 36.0 Å². The van der Waals surface area contributed by atoms with E-state index in [1.54, 1.807) is 31.2 Å². The summed E-state index contributed by atoms with van der Waals surface area (Å²) in [6.45, 7) is 1.60. The zero-order chi connectivity index (χ0) is 22.1.